The van der Waals surface area contributed by atoms with Crippen LogP contribution in [-0.4, -0.2) is 40.3 Å². The van der Waals surface area contributed by atoms with Gasteiger partial charge in [-0.05, 0) is 62.1 Å². The lowest BCUT2D eigenvalue weighted by molar-refractivity contribution is -0.142. The first kappa shape index (κ1) is 19.4. The summed E-state index contributed by atoms with van der Waals surface area (Å²) in [4.78, 5) is 26.6. The molecule has 6 heteroatoms. The van der Waals surface area contributed by atoms with Gasteiger partial charge in [-0.15, -0.1) is 11.3 Å². The van der Waals surface area contributed by atoms with E-state index in [-0.39, 0.29) is 5.92 Å². The number of carboxylic acids is 1. The summed E-state index contributed by atoms with van der Waals surface area (Å²) < 4.78 is 5.39. The van der Waals surface area contributed by atoms with Gasteiger partial charge in [0.2, 0.25) is 0 Å². The number of rotatable bonds is 4. The van der Waals surface area contributed by atoms with E-state index in [9.17, 15) is 14.7 Å². The summed E-state index contributed by atoms with van der Waals surface area (Å²) in [6.45, 7) is 5.76. The number of likely N-dealkylation sites (tertiary alicyclic amines) is 1. The molecule has 0 aliphatic carbocycles. The number of hydrogen-bond acceptors (Lipinski definition) is 4. The van der Waals surface area contributed by atoms with Crippen molar-refractivity contribution in [3.8, 4) is 11.1 Å². The molecule has 2 atom stereocenters. The monoisotopic (exact) mass is 387 g/mol. The zero-order valence-electron chi connectivity index (χ0n) is 15.8. The Morgan fingerprint density at radius 2 is 1.93 bits per heavy atom. The van der Waals surface area contributed by atoms with Gasteiger partial charge in [0, 0.05) is 11.4 Å². The van der Waals surface area contributed by atoms with Crippen molar-refractivity contribution in [3.63, 3.8) is 0 Å². The lowest BCUT2D eigenvalue weighted by atomic mass is 10.00. The summed E-state index contributed by atoms with van der Waals surface area (Å²) in [6.07, 6.45) is 0.668. The molecule has 1 amide bonds. The van der Waals surface area contributed by atoms with Gasteiger partial charge in [-0.2, -0.15) is 0 Å². The number of thiophene rings is 1. The van der Waals surface area contributed by atoms with Crippen LogP contribution in [0.2, 0.25) is 0 Å². The van der Waals surface area contributed by atoms with Crippen molar-refractivity contribution in [2.45, 2.75) is 45.3 Å². The number of carboxylic acid groups (broad SMARTS) is 1. The van der Waals surface area contributed by atoms with E-state index in [0.717, 1.165) is 6.42 Å². The first-order valence-electron chi connectivity index (χ1n) is 9.08. The zero-order valence-corrected chi connectivity index (χ0v) is 16.7. The molecule has 2 heterocycles. The minimum atomic E-state index is -0.973. The molecule has 1 fully saturated rings. The molecule has 0 bridgehead atoms. The Hall–Kier alpha value is -2.34. The fraction of sp³-hybridized carbons (Fsp3) is 0.429. The maximum atomic E-state index is 12.4. The van der Waals surface area contributed by atoms with Crippen LogP contribution in [0.5, 0.6) is 0 Å². The molecule has 1 aliphatic rings. The molecular formula is C21H25NO4S. The summed E-state index contributed by atoms with van der Waals surface area (Å²) in [6, 6.07) is 11.5. The lowest BCUT2D eigenvalue weighted by Gasteiger charge is -2.26. The highest BCUT2D eigenvalue weighted by atomic mass is 32.1. The fourth-order valence-electron chi connectivity index (χ4n) is 3.38. The van der Waals surface area contributed by atoms with Gasteiger partial charge in [-0.25, -0.2) is 9.59 Å². The standard InChI is InChI=1S/C21H25NO4S/c1-21(2,3)26-20(25)22-12-14(10-18(22)19(23)24)9-17-11-16(13-27-17)15-7-5-4-6-8-15/h4-8,11,13-14,18H,9-10,12H2,1-3H3,(H,23,24)/t14-,18+/m0/s1. The van der Waals surface area contributed by atoms with Crippen LogP contribution in [0, 0.1) is 5.92 Å². The van der Waals surface area contributed by atoms with Crippen molar-refractivity contribution < 1.29 is 19.4 Å². The average molecular weight is 388 g/mol. The molecule has 1 aromatic carbocycles. The van der Waals surface area contributed by atoms with Crippen LogP contribution in [0.15, 0.2) is 41.8 Å². The maximum absolute atomic E-state index is 12.4. The van der Waals surface area contributed by atoms with Crippen LogP contribution in [0.3, 0.4) is 0 Å². The average Bonchev–Trinajstić information content (AvgIpc) is 3.22. The third kappa shape index (κ3) is 4.89. The highest BCUT2D eigenvalue weighted by Crippen LogP contribution is 2.32. The summed E-state index contributed by atoms with van der Waals surface area (Å²) in [5.41, 5.74) is 1.70. The molecule has 0 saturated carbocycles. The first-order chi connectivity index (χ1) is 12.7. The second kappa shape index (κ2) is 7.72. The van der Waals surface area contributed by atoms with Crippen molar-refractivity contribution in [3.05, 3.63) is 46.7 Å². The minimum Gasteiger partial charge on any atom is -0.480 e. The molecule has 3 rings (SSSR count). The van der Waals surface area contributed by atoms with E-state index in [0.29, 0.717) is 13.0 Å². The molecule has 1 aromatic heterocycles. The molecule has 1 aliphatic heterocycles. The van der Waals surface area contributed by atoms with Gasteiger partial charge in [-0.1, -0.05) is 30.3 Å². The second-order valence-corrected chi connectivity index (χ2v) is 8.96. The molecule has 2 aromatic rings. The van der Waals surface area contributed by atoms with Crippen LogP contribution in [-0.2, 0) is 16.0 Å². The van der Waals surface area contributed by atoms with Gasteiger partial charge >= 0.3 is 12.1 Å². The molecule has 5 nitrogen and oxygen atoms in total. The van der Waals surface area contributed by atoms with Crippen LogP contribution in [0.1, 0.15) is 32.1 Å². The highest BCUT2D eigenvalue weighted by Gasteiger charge is 2.41. The predicted molar refractivity (Wildman–Crippen MR) is 106 cm³/mol. The Kier molecular flexibility index (Phi) is 5.56. The Bertz CT molecular complexity index is 809. The normalized spacial score (nSPS) is 19.9. The Labute approximate surface area is 163 Å². The predicted octanol–water partition coefficient (Wildman–Crippen LogP) is 4.67. The van der Waals surface area contributed by atoms with Crippen molar-refractivity contribution in [1.82, 2.24) is 4.90 Å². The minimum absolute atomic E-state index is 0.112. The number of hydrogen-bond donors (Lipinski definition) is 1. The fourth-order valence-corrected chi connectivity index (χ4v) is 4.39. The van der Waals surface area contributed by atoms with E-state index in [1.165, 1.54) is 20.9 Å². The zero-order chi connectivity index (χ0) is 19.6. The smallest absolute Gasteiger partial charge is 0.411 e. The molecule has 27 heavy (non-hydrogen) atoms. The largest absolute Gasteiger partial charge is 0.480 e. The van der Waals surface area contributed by atoms with Gasteiger partial charge in [0.25, 0.3) is 0 Å². The van der Waals surface area contributed by atoms with E-state index < -0.39 is 23.7 Å². The van der Waals surface area contributed by atoms with E-state index >= 15 is 0 Å². The highest BCUT2D eigenvalue weighted by molar-refractivity contribution is 7.10. The number of carbonyl (C=O) groups excluding carboxylic acids is 1. The Morgan fingerprint density at radius 1 is 1.22 bits per heavy atom. The summed E-state index contributed by atoms with van der Waals surface area (Å²) in [5.74, 6) is -0.861. The number of ether oxygens (including phenoxy) is 1. The van der Waals surface area contributed by atoms with Gasteiger partial charge in [0.1, 0.15) is 11.6 Å². The number of nitrogens with zero attached hydrogens (tertiary/aromatic N) is 1. The topological polar surface area (TPSA) is 66.8 Å². The van der Waals surface area contributed by atoms with Crippen molar-refractivity contribution in [2.75, 3.05) is 6.54 Å². The van der Waals surface area contributed by atoms with E-state index in [2.05, 4.69) is 23.6 Å². The number of aliphatic carboxylic acids is 1. The van der Waals surface area contributed by atoms with Gasteiger partial charge in [0.15, 0.2) is 0 Å². The second-order valence-electron chi connectivity index (χ2n) is 7.96. The number of carbonyl (C=O) groups is 2. The molecule has 0 radical (unpaired) electrons. The summed E-state index contributed by atoms with van der Waals surface area (Å²) in [7, 11) is 0. The molecule has 0 spiro atoms. The van der Waals surface area contributed by atoms with Crippen LogP contribution in [0.25, 0.3) is 11.1 Å². The molecule has 0 unspecified atom stereocenters. The van der Waals surface area contributed by atoms with Crippen LogP contribution >= 0.6 is 11.3 Å². The van der Waals surface area contributed by atoms with Crippen LogP contribution < -0.4 is 0 Å². The van der Waals surface area contributed by atoms with Crippen LogP contribution in [0.4, 0.5) is 4.79 Å². The Balaban J connectivity index is 1.69. The van der Waals surface area contributed by atoms with Gasteiger partial charge in [0.05, 0.1) is 0 Å². The van der Waals surface area contributed by atoms with Crippen molar-refractivity contribution in [2.24, 2.45) is 5.92 Å². The molecule has 144 valence electrons. The lowest BCUT2D eigenvalue weighted by Crippen LogP contribution is -2.43. The quantitative estimate of drug-likeness (QED) is 0.828. The van der Waals surface area contributed by atoms with Crippen molar-refractivity contribution >= 4 is 23.4 Å². The van der Waals surface area contributed by atoms with Gasteiger partial charge in [-0.3, -0.25) is 4.90 Å². The summed E-state index contributed by atoms with van der Waals surface area (Å²) in [5, 5.41) is 11.6. The third-order valence-corrected chi connectivity index (χ3v) is 5.51. The third-order valence-electron chi connectivity index (χ3n) is 4.55. The number of benzene rings is 1. The Morgan fingerprint density at radius 3 is 2.56 bits per heavy atom. The van der Waals surface area contributed by atoms with Crippen molar-refractivity contribution in [1.29, 1.82) is 0 Å². The van der Waals surface area contributed by atoms with E-state index in [1.807, 2.05) is 18.2 Å². The summed E-state index contributed by atoms with van der Waals surface area (Å²) >= 11 is 1.68. The SMILES string of the molecule is CC(C)(C)OC(=O)N1C[C@@H](Cc2cc(-c3ccccc3)cs2)C[C@@H]1C(=O)O. The molecular weight excluding hydrogens is 362 g/mol. The maximum Gasteiger partial charge on any atom is 0.411 e. The van der Waals surface area contributed by atoms with Gasteiger partial charge < -0.3 is 9.84 Å². The molecule has 1 saturated heterocycles. The number of amides is 1. The van der Waals surface area contributed by atoms with E-state index in [4.69, 9.17) is 4.74 Å². The first-order valence-corrected chi connectivity index (χ1v) is 9.96. The van der Waals surface area contributed by atoms with E-state index in [1.54, 1.807) is 32.1 Å². The molecule has 1 N–H and O–H groups in total.